The molecule has 2 aliphatic heterocycles. The maximum Gasteiger partial charge on any atom is 0.168 e. The first-order valence-corrected chi connectivity index (χ1v) is 10.0. The summed E-state index contributed by atoms with van der Waals surface area (Å²) in [7, 11) is 2.21. The molecule has 1 aromatic heterocycles. The molecule has 0 amide bonds. The van der Waals surface area contributed by atoms with Crippen molar-refractivity contribution in [1.82, 2.24) is 10.2 Å². The molecule has 3 aliphatic rings. The van der Waals surface area contributed by atoms with E-state index in [-0.39, 0.29) is 0 Å². The average Bonchev–Trinajstić information content (AvgIpc) is 3.08. The molecule has 1 aliphatic carbocycles. The zero-order valence-electron chi connectivity index (χ0n) is 14.9. The number of thiophene rings is 1. The van der Waals surface area contributed by atoms with E-state index in [1.165, 1.54) is 42.8 Å². The SMILES string of the molecule is CN1CCC2(CC1)CC(=N)c1sccc1C2.O=CC1(F)CCNCC1. The molecule has 1 spiro atoms. The van der Waals surface area contributed by atoms with Crippen molar-refractivity contribution in [3.05, 3.63) is 21.9 Å². The quantitative estimate of drug-likeness (QED) is 0.752. The summed E-state index contributed by atoms with van der Waals surface area (Å²) in [6, 6.07) is 2.23. The topological polar surface area (TPSA) is 56.2 Å². The van der Waals surface area contributed by atoms with Gasteiger partial charge < -0.3 is 15.6 Å². The normalized spacial score (nSPS) is 25.0. The summed E-state index contributed by atoms with van der Waals surface area (Å²) in [4.78, 5) is 13.7. The zero-order chi connectivity index (χ0) is 17.9. The minimum Gasteiger partial charge on any atom is -0.316 e. The largest absolute Gasteiger partial charge is 0.316 e. The van der Waals surface area contributed by atoms with Crippen LogP contribution in [0.1, 0.15) is 42.5 Å². The number of rotatable bonds is 1. The molecule has 25 heavy (non-hydrogen) atoms. The van der Waals surface area contributed by atoms with Crippen molar-refractivity contribution in [2.45, 2.75) is 44.2 Å². The molecule has 0 saturated carbocycles. The van der Waals surface area contributed by atoms with Crippen LogP contribution in [-0.2, 0) is 11.2 Å². The number of alkyl halides is 1. The van der Waals surface area contributed by atoms with Gasteiger partial charge >= 0.3 is 0 Å². The average molecular weight is 366 g/mol. The lowest BCUT2D eigenvalue weighted by Gasteiger charge is -2.43. The maximum atomic E-state index is 12.9. The molecule has 2 fully saturated rings. The van der Waals surface area contributed by atoms with E-state index >= 15 is 0 Å². The number of hydrogen-bond donors (Lipinski definition) is 2. The molecule has 0 radical (unpaired) electrons. The van der Waals surface area contributed by atoms with Gasteiger partial charge in [-0.3, -0.25) is 4.79 Å². The van der Waals surface area contributed by atoms with Crippen LogP contribution >= 0.6 is 11.3 Å². The van der Waals surface area contributed by atoms with Gasteiger partial charge in [-0.1, -0.05) is 0 Å². The molecule has 0 bridgehead atoms. The Balaban J connectivity index is 0.000000173. The van der Waals surface area contributed by atoms with Gasteiger partial charge in [-0.05, 0) is 81.3 Å². The Morgan fingerprint density at radius 2 is 1.92 bits per heavy atom. The number of halogens is 1. The first kappa shape index (κ1) is 18.7. The number of hydrogen-bond acceptors (Lipinski definition) is 5. The van der Waals surface area contributed by atoms with Crippen molar-refractivity contribution >= 4 is 23.3 Å². The molecule has 0 atom stereocenters. The number of carbonyl (C=O) groups excluding carboxylic acids is 1. The molecule has 6 heteroatoms. The van der Waals surface area contributed by atoms with Crippen LogP contribution in [0.5, 0.6) is 0 Å². The molecule has 2 N–H and O–H groups in total. The van der Waals surface area contributed by atoms with Crippen LogP contribution in [0, 0.1) is 10.8 Å². The second kappa shape index (κ2) is 7.64. The van der Waals surface area contributed by atoms with Crippen molar-refractivity contribution in [3.63, 3.8) is 0 Å². The Morgan fingerprint density at radius 1 is 1.24 bits per heavy atom. The molecular formula is C19H28FN3OS. The van der Waals surface area contributed by atoms with Crippen molar-refractivity contribution in [1.29, 1.82) is 5.41 Å². The Morgan fingerprint density at radius 3 is 2.52 bits per heavy atom. The molecule has 0 aromatic carbocycles. The number of likely N-dealkylation sites (tertiary alicyclic amines) is 1. The predicted molar refractivity (Wildman–Crippen MR) is 101 cm³/mol. The van der Waals surface area contributed by atoms with E-state index in [2.05, 4.69) is 28.7 Å². The fraction of sp³-hybridized carbons (Fsp3) is 0.684. The van der Waals surface area contributed by atoms with Gasteiger partial charge in [-0.15, -0.1) is 11.3 Å². The number of carbonyl (C=O) groups is 1. The Kier molecular flexibility index (Phi) is 5.71. The van der Waals surface area contributed by atoms with Crippen molar-refractivity contribution in [3.8, 4) is 0 Å². The highest BCUT2D eigenvalue weighted by Crippen LogP contribution is 2.44. The molecule has 2 saturated heterocycles. The van der Waals surface area contributed by atoms with Crippen LogP contribution in [0.2, 0.25) is 0 Å². The third kappa shape index (κ3) is 4.36. The molecule has 1 aromatic rings. The summed E-state index contributed by atoms with van der Waals surface area (Å²) in [6.07, 6.45) is 5.83. The minimum absolute atomic E-state index is 0.330. The standard InChI is InChI=1S/C13H18N2S.C6H10FNO/c1-15-5-3-13(4-6-15)8-10-2-7-16-12(10)11(14)9-13;7-6(5-9)1-3-8-4-2-6/h2,7,14H,3-6,8-9H2,1H3;5,8H,1-4H2. The highest BCUT2D eigenvalue weighted by Gasteiger charge is 2.39. The van der Waals surface area contributed by atoms with Crippen LogP contribution in [0.4, 0.5) is 4.39 Å². The molecule has 4 rings (SSSR count). The Labute approximate surface area is 153 Å². The van der Waals surface area contributed by atoms with Gasteiger partial charge in [0.05, 0.1) is 4.88 Å². The summed E-state index contributed by atoms with van der Waals surface area (Å²) in [5.74, 6) is 0. The van der Waals surface area contributed by atoms with E-state index in [1.54, 1.807) is 11.3 Å². The Bertz CT molecular complexity index is 616. The smallest absolute Gasteiger partial charge is 0.168 e. The van der Waals surface area contributed by atoms with Crippen LogP contribution < -0.4 is 5.32 Å². The van der Waals surface area contributed by atoms with Crippen LogP contribution in [-0.4, -0.2) is 55.8 Å². The lowest BCUT2D eigenvalue weighted by atomic mass is 9.67. The highest BCUT2D eigenvalue weighted by atomic mass is 32.1. The van der Waals surface area contributed by atoms with Gasteiger partial charge in [0.15, 0.2) is 12.0 Å². The van der Waals surface area contributed by atoms with E-state index in [0.29, 0.717) is 37.6 Å². The fourth-order valence-electron chi connectivity index (χ4n) is 4.07. The maximum absolute atomic E-state index is 12.9. The third-order valence-electron chi connectivity index (χ3n) is 5.83. The number of aldehydes is 1. The fourth-order valence-corrected chi connectivity index (χ4v) is 4.94. The van der Waals surface area contributed by atoms with Gasteiger partial charge in [0, 0.05) is 18.6 Å². The lowest BCUT2D eigenvalue weighted by molar-refractivity contribution is -0.119. The molecule has 0 unspecified atom stereocenters. The second-order valence-corrected chi connectivity index (χ2v) is 8.73. The summed E-state index contributed by atoms with van der Waals surface area (Å²) in [5, 5.41) is 13.3. The van der Waals surface area contributed by atoms with Crippen LogP contribution in [0.25, 0.3) is 0 Å². The third-order valence-corrected chi connectivity index (χ3v) is 6.85. The zero-order valence-corrected chi connectivity index (χ0v) is 15.8. The number of nitrogens with one attached hydrogen (secondary N) is 2. The first-order chi connectivity index (χ1) is 12.0. The van der Waals surface area contributed by atoms with Crippen LogP contribution in [0.3, 0.4) is 0 Å². The predicted octanol–water partition coefficient (Wildman–Crippen LogP) is 3.05. The molecule has 138 valence electrons. The lowest BCUT2D eigenvalue weighted by Crippen LogP contribution is -2.42. The minimum atomic E-state index is -1.52. The highest BCUT2D eigenvalue weighted by molar-refractivity contribution is 7.12. The molecular weight excluding hydrogens is 337 g/mol. The van der Waals surface area contributed by atoms with Gasteiger partial charge in [0.1, 0.15) is 0 Å². The monoisotopic (exact) mass is 365 g/mol. The summed E-state index contributed by atoms with van der Waals surface area (Å²) in [6.45, 7) is 3.64. The number of nitrogens with zero attached hydrogens (tertiary/aromatic N) is 1. The number of fused-ring (bicyclic) bond motifs is 1. The first-order valence-electron chi connectivity index (χ1n) is 9.14. The van der Waals surface area contributed by atoms with Gasteiger partial charge in [-0.25, -0.2) is 4.39 Å². The molecule has 3 heterocycles. The van der Waals surface area contributed by atoms with E-state index in [1.807, 2.05) is 0 Å². The second-order valence-electron chi connectivity index (χ2n) is 7.81. The van der Waals surface area contributed by atoms with Crippen molar-refractivity contribution in [2.75, 3.05) is 33.2 Å². The summed E-state index contributed by atoms with van der Waals surface area (Å²) in [5.41, 5.74) is 1.22. The molecule has 4 nitrogen and oxygen atoms in total. The summed E-state index contributed by atoms with van der Waals surface area (Å²) >= 11 is 1.75. The van der Waals surface area contributed by atoms with E-state index in [0.717, 1.165) is 12.1 Å². The van der Waals surface area contributed by atoms with E-state index in [9.17, 15) is 9.18 Å². The Hall–Kier alpha value is -1.11. The van der Waals surface area contributed by atoms with Gasteiger partial charge in [-0.2, -0.15) is 0 Å². The van der Waals surface area contributed by atoms with E-state index in [4.69, 9.17) is 5.41 Å². The van der Waals surface area contributed by atoms with Crippen molar-refractivity contribution in [2.24, 2.45) is 5.41 Å². The van der Waals surface area contributed by atoms with Crippen molar-refractivity contribution < 1.29 is 9.18 Å². The van der Waals surface area contributed by atoms with Crippen LogP contribution in [0.15, 0.2) is 11.4 Å². The van der Waals surface area contributed by atoms with Gasteiger partial charge in [0.2, 0.25) is 0 Å². The summed E-state index contributed by atoms with van der Waals surface area (Å²) < 4.78 is 12.9. The van der Waals surface area contributed by atoms with E-state index < -0.39 is 5.67 Å². The number of piperidine rings is 2. The van der Waals surface area contributed by atoms with Gasteiger partial charge in [0.25, 0.3) is 0 Å².